The van der Waals surface area contributed by atoms with Crippen molar-refractivity contribution in [1.29, 1.82) is 0 Å². The first-order valence-corrected chi connectivity index (χ1v) is 6.06. The number of carbonyl (C=O) groups excluding carboxylic acids is 2. The normalized spacial score (nSPS) is 18.1. The molecule has 0 saturated carbocycles. The minimum atomic E-state index is -0.379. The van der Waals surface area contributed by atoms with Gasteiger partial charge in [-0.25, -0.2) is 9.59 Å². The SMILES string of the molecule is CN(C)C(=O)NCC1CN(c2ccccc2)C(=O)O1. The van der Waals surface area contributed by atoms with E-state index in [-0.39, 0.29) is 18.2 Å². The lowest BCUT2D eigenvalue weighted by Gasteiger charge is -2.14. The molecule has 0 bridgehead atoms. The summed E-state index contributed by atoms with van der Waals surface area (Å²) in [5.74, 6) is 0. The standard InChI is InChI=1S/C13H17N3O3/c1-15(2)12(17)14-8-11-9-16(13(18)19-11)10-6-4-3-5-7-10/h3-7,11H,8-9H2,1-2H3,(H,14,17). The Labute approximate surface area is 111 Å². The fraction of sp³-hybridized carbons (Fsp3) is 0.385. The van der Waals surface area contributed by atoms with Crippen LogP contribution in [0.3, 0.4) is 0 Å². The van der Waals surface area contributed by atoms with Gasteiger partial charge in [-0.2, -0.15) is 0 Å². The molecule has 1 aromatic carbocycles. The molecule has 0 spiro atoms. The lowest BCUT2D eigenvalue weighted by molar-refractivity contribution is 0.139. The van der Waals surface area contributed by atoms with E-state index in [1.54, 1.807) is 19.0 Å². The van der Waals surface area contributed by atoms with Crippen LogP contribution in [0.5, 0.6) is 0 Å². The number of urea groups is 1. The number of cyclic esters (lactones) is 1. The van der Waals surface area contributed by atoms with E-state index in [0.29, 0.717) is 13.1 Å². The second-order valence-corrected chi connectivity index (χ2v) is 4.53. The molecule has 102 valence electrons. The van der Waals surface area contributed by atoms with E-state index in [9.17, 15) is 9.59 Å². The first-order valence-electron chi connectivity index (χ1n) is 6.06. The third kappa shape index (κ3) is 3.15. The minimum absolute atomic E-state index is 0.200. The molecule has 1 N–H and O–H groups in total. The molecule has 3 amide bonds. The topological polar surface area (TPSA) is 61.9 Å². The number of amides is 3. The summed E-state index contributed by atoms with van der Waals surface area (Å²) >= 11 is 0. The van der Waals surface area contributed by atoms with Crippen LogP contribution < -0.4 is 10.2 Å². The van der Waals surface area contributed by atoms with Crippen molar-refractivity contribution in [2.45, 2.75) is 6.10 Å². The molecule has 1 heterocycles. The molecule has 1 unspecified atom stereocenters. The zero-order valence-corrected chi connectivity index (χ0v) is 11.0. The van der Waals surface area contributed by atoms with Crippen molar-refractivity contribution in [2.24, 2.45) is 0 Å². The van der Waals surface area contributed by atoms with Crippen LogP contribution in [0.1, 0.15) is 0 Å². The molecule has 1 aliphatic heterocycles. The van der Waals surface area contributed by atoms with Gasteiger partial charge in [0.15, 0.2) is 0 Å². The first-order chi connectivity index (χ1) is 9.08. The quantitative estimate of drug-likeness (QED) is 0.893. The van der Waals surface area contributed by atoms with Gasteiger partial charge in [-0.15, -0.1) is 0 Å². The largest absolute Gasteiger partial charge is 0.442 e. The fourth-order valence-corrected chi connectivity index (χ4v) is 1.81. The summed E-state index contributed by atoms with van der Waals surface area (Å²) in [5, 5.41) is 2.70. The lowest BCUT2D eigenvalue weighted by Crippen LogP contribution is -2.40. The van der Waals surface area contributed by atoms with E-state index >= 15 is 0 Å². The highest BCUT2D eigenvalue weighted by Crippen LogP contribution is 2.20. The van der Waals surface area contributed by atoms with E-state index in [4.69, 9.17) is 4.74 Å². The molecule has 1 aromatic rings. The smallest absolute Gasteiger partial charge is 0.414 e. The van der Waals surface area contributed by atoms with Crippen molar-refractivity contribution >= 4 is 17.8 Å². The summed E-state index contributed by atoms with van der Waals surface area (Å²) in [7, 11) is 3.32. The number of rotatable bonds is 3. The van der Waals surface area contributed by atoms with Crippen LogP contribution >= 0.6 is 0 Å². The molecular formula is C13H17N3O3. The van der Waals surface area contributed by atoms with E-state index in [2.05, 4.69) is 5.32 Å². The minimum Gasteiger partial charge on any atom is -0.442 e. The molecule has 0 aliphatic carbocycles. The number of carbonyl (C=O) groups is 2. The van der Waals surface area contributed by atoms with Crippen molar-refractivity contribution in [3.05, 3.63) is 30.3 Å². The van der Waals surface area contributed by atoms with Crippen molar-refractivity contribution in [1.82, 2.24) is 10.2 Å². The van der Waals surface area contributed by atoms with Gasteiger partial charge in [0.2, 0.25) is 0 Å². The Hall–Kier alpha value is -2.24. The Balaban J connectivity index is 1.91. The second-order valence-electron chi connectivity index (χ2n) is 4.53. The van der Waals surface area contributed by atoms with E-state index < -0.39 is 0 Å². The Morgan fingerprint density at radius 1 is 1.42 bits per heavy atom. The Kier molecular flexibility index (Phi) is 3.89. The molecule has 6 nitrogen and oxygen atoms in total. The highest BCUT2D eigenvalue weighted by atomic mass is 16.6. The first kappa shape index (κ1) is 13.2. The molecule has 1 fully saturated rings. The van der Waals surface area contributed by atoms with E-state index in [1.165, 1.54) is 4.90 Å². The van der Waals surface area contributed by atoms with Crippen molar-refractivity contribution in [3.8, 4) is 0 Å². The molecule has 1 atom stereocenters. The fourth-order valence-electron chi connectivity index (χ4n) is 1.81. The van der Waals surface area contributed by atoms with Crippen LogP contribution in [0, 0.1) is 0 Å². The molecule has 1 aliphatic rings. The molecule has 0 radical (unpaired) electrons. The highest BCUT2D eigenvalue weighted by molar-refractivity contribution is 5.89. The number of anilines is 1. The molecule has 2 rings (SSSR count). The molecule has 6 heteroatoms. The molecule has 1 saturated heterocycles. The molecular weight excluding hydrogens is 246 g/mol. The Morgan fingerprint density at radius 2 is 2.11 bits per heavy atom. The summed E-state index contributed by atoms with van der Waals surface area (Å²) < 4.78 is 5.21. The van der Waals surface area contributed by atoms with Gasteiger partial charge >= 0.3 is 12.1 Å². The van der Waals surface area contributed by atoms with Crippen molar-refractivity contribution in [3.63, 3.8) is 0 Å². The van der Waals surface area contributed by atoms with Gasteiger partial charge in [-0.3, -0.25) is 4.90 Å². The van der Waals surface area contributed by atoms with Gasteiger partial charge in [0.25, 0.3) is 0 Å². The van der Waals surface area contributed by atoms with Crippen LogP contribution in [0.25, 0.3) is 0 Å². The van der Waals surface area contributed by atoms with Crippen LogP contribution in [0.4, 0.5) is 15.3 Å². The van der Waals surface area contributed by atoms with Crippen molar-refractivity contribution < 1.29 is 14.3 Å². The van der Waals surface area contributed by atoms with Gasteiger partial charge in [0.1, 0.15) is 6.10 Å². The van der Waals surface area contributed by atoms with Crippen LogP contribution in [0.15, 0.2) is 30.3 Å². The maximum absolute atomic E-state index is 11.7. The zero-order valence-electron chi connectivity index (χ0n) is 11.0. The predicted molar refractivity (Wildman–Crippen MR) is 71.1 cm³/mol. The Morgan fingerprint density at radius 3 is 2.74 bits per heavy atom. The average Bonchev–Trinajstić information content (AvgIpc) is 2.78. The summed E-state index contributed by atoms with van der Waals surface area (Å²) in [5.41, 5.74) is 0.800. The zero-order chi connectivity index (χ0) is 13.8. The average molecular weight is 263 g/mol. The van der Waals surface area contributed by atoms with Gasteiger partial charge in [-0.05, 0) is 12.1 Å². The van der Waals surface area contributed by atoms with E-state index in [0.717, 1.165) is 5.69 Å². The van der Waals surface area contributed by atoms with Gasteiger partial charge < -0.3 is 15.0 Å². The second kappa shape index (κ2) is 5.60. The summed E-state index contributed by atoms with van der Waals surface area (Å²) in [6.07, 6.45) is -0.702. The summed E-state index contributed by atoms with van der Waals surface area (Å²) in [4.78, 5) is 26.1. The number of nitrogens with one attached hydrogen (secondary N) is 1. The maximum Gasteiger partial charge on any atom is 0.414 e. The molecule has 0 aromatic heterocycles. The summed E-state index contributed by atoms with van der Waals surface area (Å²) in [6, 6.07) is 9.12. The third-order valence-corrected chi connectivity index (χ3v) is 2.83. The molecule has 19 heavy (non-hydrogen) atoms. The van der Waals surface area contributed by atoms with Crippen molar-refractivity contribution in [2.75, 3.05) is 32.1 Å². The monoisotopic (exact) mass is 263 g/mol. The number of hydrogen-bond acceptors (Lipinski definition) is 3. The Bertz CT molecular complexity index is 461. The van der Waals surface area contributed by atoms with Gasteiger partial charge in [0, 0.05) is 19.8 Å². The highest BCUT2D eigenvalue weighted by Gasteiger charge is 2.32. The van der Waals surface area contributed by atoms with Gasteiger partial charge in [0.05, 0.1) is 13.1 Å². The van der Waals surface area contributed by atoms with E-state index in [1.807, 2.05) is 30.3 Å². The number of benzene rings is 1. The van der Waals surface area contributed by atoms with Crippen LogP contribution in [-0.4, -0.2) is 50.3 Å². The number of para-hydroxylation sites is 1. The lowest BCUT2D eigenvalue weighted by atomic mass is 10.3. The third-order valence-electron chi connectivity index (χ3n) is 2.83. The maximum atomic E-state index is 11.7. The predicted octanol–water partition coefficient (Wildman–Crippen LogP) is 1.28. The number of nitrogens with zero attached hydrogens (tertiary/aromatic N) is 2. The number of ether oxygens (including phenoxy) is 1. The summed E-state index contributed by atoms with van der Waals surface area (Å²) in [6.45, 7) is 0.753. The van der Waals surface area contributed by atoms with Crippen LogP contribution in [0.2, 0.25) is 0 Å². The van der Waals surface area contributed by atoms with Gasteiger partial charge in [-0.1, -0.05) is 18.2 Å². The number of hydrogen-bond donors (Lipinski definition) is 1. The van der Waals surface area contributed by atoms with Crippen LogP contribution in [-0.2, 0) is 4.74 Å².